The molecule has 134 valence electrons. The highest BCUT2D eigenvalue weighted by molar-refractivity contribution is 9.09. The number of nitrogens with zero attached hydrogens (tertiary/aromatic N) is 1. The standard InChI is InChI=1S/C19H22BrNO3S/c1-14-8-10-17(11-9-14)25(22,23)21-12-15(2)24-19(18(20)13-21)16-6-4-3-5-7-16/h3-11,15,18-19H,12-13H2,1-2H3/t15-,18-,19+/m1/s1. The van der Waals surface area contributed by atoms with Crippen LogP contribution in [-0.4, -0.2) is 36.7 Å². The average Bonchev–Trinajstić information content (AvgIpc) is 2.75. The molecule has 0 unspecified atom stereocenters. The molecule has 4 nitrogen and oxygen atoms in total. The molecule has 0 spiro atoms. The fourth-order valence-electron chi connectivity index (χ4n) is 3.02. The molecule has 1 aliphatic heterocycles. The SMILES string of the molecule is Cc1ccc(S(=O)(=O)N2C[C@@H](C)O[C@@H](c3ccccc3)[C@H](Br)C2)cc1. The van der Waals surface area contributed by atoms with Crippen LogP contribution < -0.4 is 0 Å². The third-order valence-electron chi connectivity index (χ3n) is 4.33. The summed E-state index contributed by atoms with van der Waals surface area (Å²) < 4.78 is 33.7. The normalized spacial score (nSPS) is 25.5. The van der Waals surface area contributed by atoms with Crippen molar-refractivity contribution >= 4 is 26.0 Å². The van der Waals surface area contributed by atoms with Gasteiger partial charge in [-0.15, -0.1) is 0 Å². The van der Waals surface area contributed by atoms with Gasteiger partial charge in [0.2, 0.25) is 10.0 Å². The highest BCUT2D eigenvalue weighted by Crippen LogP contribution is 2.33. The van der Waals surface area contributed by atoms with E-state index in [0.717, 1.165) is 11.1 Å². The van der Waals surface area contributed by atoms with Gasteiger partial charge in [-0.05, 0) is 31.5 Å². The van der Waals surface area contributed by atoms with Crippen LogP contribution in [0, 0.1) is 6.92 Å². The molecule has 0 aromatic heterocycles. The summed E-state index contributed by atoms with van der Waals surface area (Å²) in [5.74, 6) is 0. The molecule has 1 aliphatic rings. The van der Waals surface area contributed by atoms with E-state index in [9.17, 15) is 8.42 Å². The minimum Gasteiger partial charge on any atom is -0.368 e. The van der Waals surface area contributed by atoms with E-state index in [0.29, 0.717) is 18.0 Å². The number of aryl methyl sites for hydroxylation is 1. The minimum atomic E-state index is -3.55. The second-order valence-corrected chi connectivity index (χ2v) is 9.54. The van der Waals surface area contributed by atoms with E-state index in [1.165, 1.54) is 4.31 Å². The molecule has 0 amide bonds. The molecule has 25 heavy (non-hydrogen) atoms. The highest BCUT2D eigenvalue weighted by atomic mass is 79.9. The first-order valence-electron chi connectivity index (χ1n) is 8.29. The molecular weight excluding hydrogens is 402 g/mol. The quantitative estimate of drug-likeness (QED) is 0.702. The molecule has 1 heterocycles. The lowest BCUT2D eigenvalue weighted by atomic mass is 10.1. The van der Waals surface area contributed by atoms with Crippen molar-refractivity contribution < 1.29 is 13.2 Å². The van der Waals surface area contributed by atoms with Gasteiger partial charge in [0.25, 0.3) is 0 Å². The second-order valence-electron chi connectivity index (χ2n) is 6.43. The van der Waals surface area contributed by atoms with Gasteiger partial charge in [-0.1, -0.05) is 64.0 Å². The lowest BCUT2D eigenvalue weighted by Crippen LogP contribution is -2.38. The Bertz CT molecular complexity index is 808. The summed E-state index contributed by atoms with van der Waals surface area (Å²) in [5, 5.41) is 0. The van der Waals surface area contributed by atoms with Crippen molar-refractivity contribution in [1.29, 1.82) is 0 Å². The summed E-state index contributed by atoms with van der Waals surface area (Å²) in [4.78, 5) is 0.197. The Morgan fingerprint density at radius 2 is 1.68 bits per heavy atom. The molecule has 3 rings (SSSR count). The Morgan fingerprint density at radius 1 is 1.04 bits per heavy atom. The van der Waals surface area contributed by atoms with Crippen molar-refractivity contribution in [3.63, 3.8) is 0 Å². The summed E-state index contributed by atoms with van der Waals surface area (Å²) in [6, 6.07) is 16.9. The Balaban J connectivity index is 1.88. The maximum Gasteiger partial charge on any atom is 0.243 e. The van der Waals surface area contributed by atoms with Gasteiger partial charge in [0.05, 0.1) is 21.9 Å². The number of rotatable bonds is 3. The van der Waals surface area contributed by atoms with Crippen LogP contribution >= 0.6 is 15.9 Å². The van der Waals surface area contributed by atoms with E-state index in [1.807, 2.05) is 56.3 Å². The first-order valence-corrected chi connectivity index (χ1v) is 10.6. The molecule has 1 saturated heterocycles. The highest BCUT2D eigenvalue weighted by Gasteiger charge is 2.36. The number of halogens is 1. The zero-order chi connectivity index (χ0) is 18.0. The monoisotopic (exact) mass is 423 g/mol. The predicted molar refractivity (Wildman–Crippen MR) is 102 cm³/mol. The fourth-order valence-corrected chi connectivity index (χ4v) is 5.53. The maximum atomic E-state index is 13.0. The van der Waals surface area contributed by atoms with Crippen LogP contribution in [0.15, 0.2) is 59.5 Å². The van der Waals surface area contributed by atoms with Crippen molar-refractivity contribution in [2.45, 2.75) is 35.8 Å². The summed E-state index contributed by atoms with van der Waals surface area (Å²) in [6.45, 7) is 4.55. The zero-order valence-electron chi connectivity index (χ0n) is 14.3. The van der Waals surface area contributed by atoms with Crippen LogP contribution in [0.5, 0.6) is 0 Å². The van der Waals surface area contributed by atoms with Crippen LogP contribution in [0.25, 0.3) is 0 Å². The van der Waals surface area contributed by atoms with Gasteiger partial charge in [-0.2, -0.15) is 4.31 Å². The molecule has 0 aliphatic carbocycles. The van der Waals surface area contributed by atoms with Crippen molar-refractivity contribution in [3.05, 3.63) is 65.7 Å². The number of benzene rings is 2. The average molecular weight is 424 g/mol. The van der Waals surface area contributed by atoms with E-state index in [4.69, 9.17) is 4.74 Å². The molecule has 0 radical (unpaired) electrons. The summed E-state index contributed by atoms with van der Waals surface area (Å²) in [6.07, 6.45) is -0.387. The van der Waals surface area contributed by atoms with Gasteiger partial charge in [0.15, 0.2) is 0 Å². The van der Waals surface area contributed by atoms with Crippen LogP contribution in [0.1, 0.15) is 24.2 Å². The number of sulfonamides is 1. The molecule has 2 aromatic carbocycles. The van der Waals surface area contributed by atoms with Gasteiger partial charge in [0.1, 0.15) is 0 Å². The predicted octanol–water partition coefficient (Wildman–Crippen LogP) is 3.91. The van der Waals surface area contributed by atoms with Gasteiger partial charge in [-0.3, -0.25) is 0 Å². The molecule has 3 atom stereocenters. The van der Waals surface area contributed by atoms with E-state index in [2.05, 4.69) is 15.9 Å². The number of hydrogen-bond acceptors (Lipinski definition) is 3. The smallest absolute Gasteiger partial charge is 0.243 e. The number of alkyl halides is 1. The van der Waals surface area contributed by atoms with Gasteiger partial charge >= 0.3 is 0 Å². The third-order valence-corrected chi connectivity index (χ3v) is 6.95. The molecule has 0 saturated carbocycles. The summed E-state index contributed by atoms with van der Waals surface area (Å²) >= 11 is 3.65. The van der Waals surface area contributed by atoms with Gasteiger partial charge in [0, 0.05) is 13.1 Å². The van der Waals surface area contributed by atoms with Crippen molar-refractivity contribution in [1.82, 2.24) is 4.31 Å². The van der Waals surface area contributed by atoms with Crippen LogP contribution in [-0.2, 0) is 14.8 Å². The van der Waals surface area contributed by atoms with Gasteiger partial charge < -0.3 is 4.74 Å². The lowest BCUT2D eigenvalue weighted by Gasteiger charge is -2.23. The third kappa shape index (κ3) is 4.14. The number of ether oxygens (including phenoxy) is 1. The minimum absolute atomic E-state index is 0.125. The Kier molecular flexibility index (Phi) is 5.63. The Labute approximate surface area is 158 Å². The van der Waals surface area contributed by atoms with Crippen molar-refractivity contribution in [2.24, 2.45) is 0 Å². The number of hydrogen-bond donors (Lipinski definition) is 0. The largest absolute Gasteiger partial charge is 0.368 e. The molecule has 0 bridgehead atoms. The van der Waals surface area contributed by atoms with Crippen LogP contribution in [0.3, 0.4) is 0 Å². The topological polar surface area (TPSA) is 46.6 Å². The summed E-state index contributed by atoms with van der Waals surface area (Å²) in [7, 11) is -3.55. The molecule has 6 heteroatoms. The second kappa shape index (κ2) is 7.58. The van der Waals surface area contributed by atoms with Crippen LogP contribution in [0.4, 0.5) is 0 Å². The fraction of sp³-hybridized carbons (Fsp3) is 0.368. The van der Waals surface area contributed by atoms with Crippen LogP contribution in [0.2, 0.25) is 0 Å². The Hall–Kier alpha value is -1.21. The van der Waals surface area contributed by atoms with E-state index >= 15 is 0 Å². The Morgan fingerprint density at radius 3 is 2.32 bits per heavy atom. The first kappa shape index (κ1) is 18.6. The molecular formula is C19H22BrNO3S. The maximum absolute atomic E-state index is 13.0. The molecule has 2 aromatic rings. The zero-order valence-corrected chi connectivity index (χ0v) is 16.7. The van der Waals surface area contributed by atoms with Gasteiger partial charge in [-0.25, -0.2) is 8.42 Å². The molecule has 1 fully saturated rings. The van der Waals surface area contributed by atoms with Crippen molar-refractivity contribution in [3.8, 4) is 0 Å². The van der Waals surface area contributed by atoms with Crippen molar-refractivity contribution in [2.75, 3.05) is 13.1 Å². The lowest BCUT2D eigenvalue weighted by molar-refractivity contribution is 0.00889. The van der Waals surface area contributed by atoms with E-state index in [-0.39, 0.29) is 17.0 Å². The summed E-state index contributed by atoms with van der Waals surface area (Å²) in [5.41, 5.74) is 2.08. The molecule has 0 N–H and O–H groups in total. The first-order chi connectivity index (χ1) is 11.9. The van der Waals surface area contributed by atoms with E-state index < -0.39 is 10.0 Å². The van der Waals surface area contributed by atoms with E-state index in [1.54, 1.807) is 12.1 Å².